The maximum absolute atomic E-state index is 10.8. The SMILES string of the molecule is Cc1ncc(S(=O)(=O)Cl)cc1Br. The van der Waals surface area contributed by atoms with Crippen molar-refractivity contribution in [2.24, 2.45) is 0 Å². The van der Waals surface area contributed by atoms with Crippen LogP contribution in [0, 0.1) is 6.92 Å². The van der Waals surface area contributed by atoms with Gasteiger partial charge in [0.25, 0.3) is 9.05 Å². The second-order valence-corrected chi connectivity index (χ2v) is 5.60. The molecule has 0 spiro atoms. The summed E-state index contributed by atoms with van der Waals surface area (Å²) in [5, 5.41) is 0. The highest BCUT2D eigenvalue weighted by Gasteiger charge is 2.11. The zero-order valence-corrected chi connectivity index (χ0v) is 9.24. The number of hydrogen-bond acceptors (Lipinski definition) is 3. The third-order valence-corrected chi connectivity index (χ3v) is 3.41. The van der Waals surface area contributed by atoms with E-state index in [0.717, 1.165) is 5.69 Å². The van der Waals surface area contributed by atoms with E-state index >= 15 is 0 Å². The van der Waals surface area contributed by atoms with Crippen LogP contribution in [0.4, 0.5) is 0 Å². The predicted octanol–water partition coefficient (Wildman–Crippen LogP) is 2.08. The van der Waals surface area contributed by atoms with E-state index in [2.05, 4.69) is 20.9 Å². The fourth-order valence-corrected chi connectivity index (χ4v) is 1.81. The third kappa shape index (κ3) is 2.18. The van der Waals surface area contributed by atoms with Crippen LogP contribution in [-0.2, 0) is 9.05 Å². The van der Waals surface area contributed by atoms with Gasteiger partial charge in [-0.2, -0.15) is 0 Å². The molecule has 0 aliphatic rings. The molecule has 12 heavy (non-hydrogen) atoms. The molecule has 6 heteroatoms. The van der Waals surface area contributed by atoms with Gasteiger partial charge in [-0.3, -0.25) is 4.98 Å². The lowest BCUT2D eigenvalue weighted by Crippen LogP contribution is -1.93. The molecule has 1 aromatic rings. The molecule has 0 saturated heterocycles. The third-order valence-electron chi connectivity index (χ3n) is 1.28. The van der Waals surface area contributed by atoms with Gasteiger partial charge in [0.2, 0.25) is 0 Å². The molecule has 0 radical (unpaired) electrons. The standard InChI is InChI=1S/C6H5BrClNO2S/c1-4-6(7)2-5(3-9-4)12(8,10)11/h2-3H,1H3. The summed E-state index contributed by atoms with van der Waals surface area (Å²) >= 11 is 3.15. The Morgan fingerprint density at radius 1 is 1.58 bits per heavy atom. The van der Waals surface area contributed by atoms with Crippen LogP contribution in [0.25, 0.3) is 0 Å². The molecule has 0 fully saturated rings. The summed E-state index contributed by atoms with van der Waals surface area (Å²) in [5.41, 5.74) is 0.721. The van der Waals surface area contributed by atoms with Gasteiger partial charge >= 0.3 is 0 Å². The Kier molecular flexibility index (Phi) is 2.75. The summed E-state index contributed by atoms with van der Waals surface area (Å²) in [7, 11) is 1.43. The lowest BCUT2D eigenvalue weighted by atomic mass is 10.4. The number of hydrogen-bond donors (Lipinski definition) is 0. The van der Waals surface area contributed by atoms with Gasteiger partial charge in [-0.25, -0.2) is 8.42 Å². The van der Waals surface area contributed by atoms with Crippen molar-refractivity contribution in [3.05, 3.63) is 22.4 Å². The van der Waals surface area contributed by atoms with Gasteiger partial charge in [-0.15, -0.1) is 0 Å². The van der Waals surface area contributed by atoms with Crippen LogP contribution in [0.1, 0.15) is 5.69 Å². The molecule has 0 aromatic carbocycles. The predicted molar refractivity (Wildman–Crippen MR) is 49.7 cm³/mol. The van der Waals surface area contributed by atoms with Crippen molar-refractivity contribution in [2.45, 2.75) is 11.8 Å². The van der Waals surface area contributed by atoms with E-state index in [4.69, 9.17) is 10.7 Å². The number of pyridine rings is 1. The minimum atomic E-state index is -3.66. The van der Waals surface area contributed by atoms with Gasteiger partial charge < -0.3 is 0 Å². The first-order valence-corrected chi connectivity index (χ1v) is 6.08. The largest absolute Gasteiger partial charge is 0.262 e. The molecule has 0 bridgehead atoms. The first kappa shape index (κ1) is 9.95. The van der Waals surface area contributed by atoms with Crippen LogP contribution in [0.5, 0.6) is 0 Å². The molecular weight excluding hydrogens is 265 g/mol. The average molecular weight is 271 g/mol. The van der Waals surface area contributed by atoms with Crippen LogP contribution in [0.2, 0.25) is 0 Å². The van der Waals surface area contributed by atoms with Gasteiger partial charge in [0.1, 0.15) is 4.90 Å². The number of halogens is 2. The van der Waals surface area contributed by atoms with Crippen molar-refractivity contribution >= 4 is 35.7 Å². The van der Waals surface area contributed by atoms with E-state index in [9.17, 15) is 8.42 Å². The second kappa shape index (κ2) is 3.32. The molecule has 1 aromatic heterocycles. The molecule has 0 saturated carbocycles. The van der Waals surface area contributed by atoms with Crippen LogP contribution in [0.15, 0.2) is 21.6 Å². The topological polar surface area (TPSA) is 47.0 Å². The molecule has 1 rings (SSSR count). The summed E-state index contributed by atoms with van der Waals surface area (Å²) in [4.78, 5) is 3.84. The molecule has 0 unspecified atom stereocenters. The fraction of sp³-hybridized carbons (Fsp3) is 0.167. The molecule has 0 N–H and O–H groups in total. The van der Waals surface area contributed by atoms with Gasteiger partial charge in [-0.1, -0.05) is 0 Å². The molecule has 0 amide bonds. The molecular formula is C6H5BrClNO2S. The van der Waals surface area contributed by atoms with Crippen LogP contribution in [-0.4, -0.2) is 13.4 Å². The molecule has 3 nitrogen and oxygen atoms in total. The maximum atomic E-state index is 10.8. The highest BCUT2D eigenvalue weighted by atomic mass is 79.9. The lowest BCUT2D eigenvalue weighted by molar-refractivity contribution is 0.609. The quantitative estimate of drug-likeness (QED) is 0.734. The van der Waals surface area contributed by atoms with Crippen molar-refractivity contribution in [3.8, 4) is 0 Å². The summed E-state index contributed by atoms with van der Waals surface area (Å²) in [5.74, 6) is 0. The van der Waals surface area contributed by atoms with Crippen LogP contribution in [0.3, 0.4) is 0 Å². The first-order valence-electron chi connectivity index (χ1n) is 2.98. The van der Waals surface area contributed by atoms with Crippen LogP contribution < -0.4 is 0 Å². The number of rotatable bonds is 1. The zero-order valence-electron chi connectivity index (χ0n) is 6.08. The number of nitrogens with zero attached hydrogens (tertiary/aromatic N) is 1. The Bertz CT molecular complexity index is 404. The normalized spacial score (nSPS) is 11.6. The second-order valence-electron chi connectivity index (χ2n) is 2.18. The lowest BCUT2D eigenvalue weighted by Gasteiger charge is -1.98. The summed E-state index contributed by atoms with van der Waals surface area (Å²) in [6, 6.07) is 1.42. The van der Waals surface area contributed by atoms with Gasteiger partial charge in [-0.05, 0) is 28.9 Å². The van der Waals surface area contributed by atoms with E-state index < -0.39 is 9.05 Å². The van der Waals surface area contributed by atoms with E-state index in [-0.39, 0.29) is 4.90 Å². The first-order chi connectivity index (χ1) is 5.41. The minimum absolute atomic E-state index is 0.00152. The highest BCUT2D eigenvalue weighted by molar-refractivity contribution is 9.10. The monoisotopic (exact) mass is 269 g/mol. The highest BCUT2D eigenvalue weighted by Crippen LogP contribution is 2.20. The molecule has 1 heterocycles. The fourth-order valence-electron chi connectivity index (χ4n) is 0.622. The van der Waals surface area contributed by atoms with Gasteiger partial charge in [0, 0.05) is 21.4 Å². The Morgan fingerprint density at radius 3 is 2.58 bits per heavy atom. The van der Waals surface area contributed by atoms with E-state index in [1.807, 2.05) is 0 Å². The summed E-state index contributed by atoms with van der Waals surface area (Å²) in [6.07, 6.45) is 1.22. The Hall–Kier alpha value is -0.130. The van der Waals surface area contributed by atoms with Gasteiger partial charge in [0.05, 0.1) is 5.69 Å². The molecule has 0 aliphatic carbocycles. The van der Waals surface area contributed by atoms with Crippen molar-refractivity contribution in [3.63, 3.8) is 0 Å². The van der Waals surface area contributed by atoms with E-state index in [1.165, 1.54) is 12.3 Å². The summed E-state index contributed by atoms with van der Waals surface area (Å²) in [6.45, 7) is 1.76. The molecule has 0 aliphatic heterocycles. The molecule has 66 valence electrons. The zero-order chi connectivity index (χ0) is 9.35. The number of aryl methyl sites for hydroxylation is 1. The Labute approximate surface area is 83.3 Å². The van der Waals surface area contributed by atoms with Crippen LogP contribution >= 0.6 is 26.6 Å². The van der Waals surface area contributed by atoms with Crippen molar-refractivity contribution in [1.82, 2.24) is 4.98 Å². The van der Waals surface area contributed by atoms with E-state index in [0.29, 0.717) is 4.47 Å². The smallest absolute Gasteiger partial charge is 0.259 e. The Morgan fingerprint density at radius 2 is 2.17 bits per heavy atom. The summed E-state index contributed by atoms with van der Waals surface area (Å²) < 4.78 is 22.2. The number of aromatic nitrogens is 1. The van der Waals surface area contributed by atoms with Gasteiger partial charge in [0.15, 0.2) is 0 Å². The maximum Gasteiger partial charge on any atom is 0.262 e. The van der Waals surface area contributed by atoms with Crippen molar-refractivity contribution in [1.29, 1.82) is 0 Å². The van der Waals surface area contributed by atoms with E-state index in [1.54, 1.807) is 6.92 Å². The average Bonchev–Trinajstić information content (AvgIpc) is 1.92. The van der Waals surface area contributed by atoms with Crippen molar-refractivity contribution in [2.75, 3.05) is 0 Å². The molecule has 0 atom stereocenters. The minimum Gasteiger partial charge on any atom is -0.259 e. The Balaban J connectivity index is 3.33. The van der Waals surface area contributed by atoms with Crippen molar-refractivity contribution < 1.29 is 8.42 Å².